The minimum absolute atomic E-state index is 0.00543. The molecule has 0 spiro atoms. The molecule has 348 valence electrons. The van der Waals surface area contributed by atoms with Crippen molar-refractivity contribution >= 4 is 47.4 Å². The van der Waals surface area contributed by atoms with Crippen molar-refractivity contribution in [3.8, 4) is 34.5 Å². The number of anilines is 1. The first-order chi connectivity index (χ1) is 30.8. The van der Waals surface area contributed by atoms with Gasteiger partial charge >= 0.3 is 12.1 Å². The number of carbonyl (C=O) groups is 1. The minimum atomic E-state index is -2.31. The molecule has 2 atom stereocenters. The van der Waals surface area contributed by atoms with Gasteiger partial charge < -0.3 is 29.2 Å². The number of aromatic nitrogens is 3. The van der Waals surface area contributed by atoms with Crippen molar-refractivity contribution in [1.29, 1.82) is 0 Å². The Morgan fingerprint density at radius 1 is 1.00 bits per heavy atom. The van der Waals surface area contributed by atoms with E-state index in [4.69, 9.17) is 29.3 Å². The molecule has 2 bridgehead atoms. The van der Waals surface area contributed by atoms with Crippen molar-refractivity contribution in [2.45, 2.75) is 135 Å². The van der Waals surface area contributed by atoms with Crippen LogP contribution in [0, 0.1) is 28.5 Å². The van der Waals surface area contributed by atoms with Crippen molar-refractivity contribution in [2.75, 3.05) is 51.3 Å². The number of piperazine rings is 1. The van der Waals surface area contributed by atoms with Crippen LogP contribution in [0.1, 0.15) is 106 Å². The molecule has 0 radical (unpaired) electrons. The first-order valence-corrected chi connectivity index (χ1v) is 25.6. The molecular weight excluding hydrogens is 845 g/mol. The summed E-state index contributed by atoms with van der Waals surface area (Å²) in [5.41, 5.74) is 5.16. The lowest BCUT2D eigenvalue weighted by Gasteiger charge is -2.42. The predicted octanol–water partition coefficient (Wildman–Crippen LogP) is 10.2. The summed E-state index contributed by atoms with van der Waals surface area (Å²) in [7, 11) is -0.733. The summed E-state index contributed by atoms with van der Waals surface area (Å²) < 4.78 is 46.3. The number of aromatic hydroxyl groups is 1. The summed E-state index contributed by atoms with van der Waals surface area (Å²) in [6.07, 6.45) is 6.49. The highest BCUT2D eigenvalue weighted by Gasteiger charge is 2.47. The summed E-state index contributed by atoms with van der Waals surface area (Å²) >= 11 is 0. The van der Waals surface area contributed by atoms with E-state index in [9.17, 15) is 9.90 Å². The number of nitrogens with zero attached hydrogens (tertiary/aromatic N) is 7. The van der Waals surface area contributed by atoms with E-state index < -0.39 is 25.3 Å². The molecule has 5 heterocycles. The number of phenolic OH excluding ortho intramolecular Hbond substituents is 1. The van der Waals surface area contributed by atoms with Gasteiger partial charge in [-0.15, -0.1) is 5.54 Å². The molecule has 2 unspecified atom stereocenters. The first-order valence-electron chi connectivity index (χ1n) is 23.4. The molecule has 8 rings (SSSR count). The Kier molecular flexibility index (Phi) is 12.8. The lowest BCUT2D eigenvalue weighted by atomic mass is 9.96. The van der Waals surface area contributed by atoms with Crippen LogP contribution < -0.4 is 9.64 Å². The van der Waals surface area contributed by atoms with Crippen LogP contribution in [0.25, 0.3) is 32.9 Å². The summed E-state index contributed by atoms with van der Waals surface area (Å²) in [5.74, 6) is 2.37. The number of ether oxygens (including phenoxy) is 2. The maximum absolute atomic E-state index is 17.7. The molecule has 2 aromatic heterocycles. The van der Waals surface area contributed by atoms with Gasteiger partial charge in [0.1, 0.15) is 49.4 Å². The van der Waals surface area contributed by atoms with Gasteiger partial charge in [0.25, 0.3) is 0 Å². The fourth-order valence-electron chi connectivity index (χ4n) is 10.9. The van der Waals surface area contributed by atoms with Crippen molar-refractivity contribution in [1.82, 2.24) is 24.8 Å². The van der Waals surface area contributed by atoms with Gasteiger partial charge in [0.05, 0.1) is 35.4 Å². The second kappa shape index (κ2) is 18.0. The number of pyridine rings is 1. The Labute approximate surface area is 383 Å². The van der Waals surface area contributed by atoms with Gasteiger partial charge in [-0.05, 0) is 86.7 Å². The third kappa shape index (κ3) is 9.22. The number of hydrogen-bond donors (Lipinski definition) is 1. The average molecular weight is 910 g/mol. The van der Waals surface area contributed by atoms with Gasteiger partial charge in [0, 0.05) is 68.1 Å². The van der Waals surface area contributed by atoms with Crippen LogP contribution in [0.5, 0.6) is 11.8 Å². The Morgan fingerprint density at radius 2 is 1.66 bits per heavy atom. The second-order valence-corrected chi connectivity index (χ2v) is 26.3. The number of piperidine rings is 1. The van der Waals surface area contributed by atoms with E-state index in [2.05, 4.69) is 68.0 Å². The smallest absolute Gasteiger partial charge is 0.410 e. The Morgan fingerprint density at radius 3 is 2.26 bits per heavy atom. The van der Waals surface area contributed by atoms with Crippen LogP contribution >= 0.6 is 0 Å². The van der Waals surface area contributed by atoms with Crippen LogP contribution in [-0.2, 0) is 9.57 Å². The lowest BCUT2D eigenvalue weighted by molar-refractivity contribution is 0.0122. The largest absolute Gasteiger partial charge is 0.508 e. The van der Waals surface area contributed by atoms with Gasteiger partial charge in [0.15, 0.2) is 5.82 Å². The van der Waals surface area contributed by atoms with Crippen LogP contribution in [0.15, 0.2) is 35.6 Å². The molecule has 65 heavy (non-hydrogen) atoms. The summed E-state index contributed by atoms with van der Waals surface area (Å²) in [6, 6.07) is 5.67. The van der Waals surface area contributed by atoms with E-state index in [0.717, 1.165) is 63.9 Å². The molecule has 15 heteroatoms. The molecule has 1 N–H and O–H groups in total. The number of carbonyl (C=O) groups excluding carboxylic acids is 1. The van der Waals surface area contributed by atoms with Crippen LogP contribution in [-0.4, -0.2) is 114 Å². The molecule has 4 aromatic rings. The number of halogens is 2. The maximum atomic E-state index is 17.7. The van der Waals surface area contributed by atoms with Crippen LogP contribution in [0.3, 0.4) is 0 Å². The zero-order valence-corrected chi connectivity index (χ0v) is 40.7. The molecule has 1 saturated carbocycles. The molecule has 2 aromatic carbocycles. The Bertz CT molecular complexity index is 2520. The number of oxime groups is 1. The zero-order valence-electron chi connectivity index (χ0n) is 39.7. The first kappa shape index (κ1) is 46.5. The van der Waals surface area contributed by atoms with Gasteiger partial charge in [-0.2, -0.15) is 9.97 Å². The number of benzene rings is 2. The van der Waals surface area contributed by atoms with E-state index in [1.807, 2.05) is 25.7 Å². The van der Waals surface area contributed by atoms with Gasteiger partial charge in [-0.25, -0.2) is 13.6 Å². The fourth-order valence-corrected chi connectivity index (χ4v) is 16.2. The minimum Gasteiger partial charge on any atom is -0.508 e. The third-order valence-corrected chi connectivity index (χ3v) is 20.6. The zero-order chi connectivity index (χ0) is 46.6. The van der Waals surface area contributed by atoms with E-state index >= 15 is 8.78 Å². The Balaban J connectivity index is 1.21. The molecule has 4 aliphatic rings. The number of hydrogen-bond acceptors (Lipinski definition) is 11. The molecule has 12 nitrogen and oxygen atoms in total. The molecule has 3 saturated heterocycles. The van der Waals surface area contributed by atoms with Gasteiger partial charge in [0.2, 0.25) is 0 Å². The van der Waals surface area contributed by atoms with Crippen molar-refractivity contribution in [2.24, 2.45) is 10.6 Å². The monoisotopic (exact) mass is 909 g/mol. The number of rotatable bonds is 11. The summed E-state index contributed by atoms with van der Waals surface area (Å²) in [6.45, 7) is 22.7. The third-order valence-electron chi connectivity index (χ3n) is 14.3. The highest BCUT2D eigenvalue weighted by molar-refractivity contribution is 6.90. The van der Waals surface area contributed by atoms with E-state index in [1.165, 1.54) is 12.1 Å². The predicted molar refractivity (Wildman–Crippen MR) is 254 cm³/mol. The second-order valence-electron chi connectivity index (χ2n) is 20.8. The standard InChI is InChI=1S/C50H65F2N7O5Si/c1-30(2)65(31(3)4,32(5)6)22-17-38-41(51)14-11-33-23-37(60)24-39(42(33)38)44-43(52)45-40(25-53-44)46(58-26-35-12-13-36(27-58)59(35)48(61)64-49(7,8)9)55-47(54-45)63-29-50(18-19-50)28-57-20-15-34(16-21-57)56-62-10/h11,14,23-25,30-32,35-36,60H,12-13,15-16,18-21,26-29H2,1-10H3. The summed E-state index contributed by atoms with van der Waals surface area (Å²) in [4.78, 5) is 39.3. The number of fused-ring (bicyclic) bond motifs is 4. The van der Waals surface area contributed by atoms with E-state index in [-0.39, 0.29) is 57.7 Å². The Hall–Kier alpha value is -5.07. The van der Waals surface area contributed by atoms with Crippen molar-refractivity contribution < 1.29 is 33.0 Å². The van der Waals surface area contributed by atoms with Crippen molar-refractivity contribution in [3.63, 3.8) is 0 Å². The number of amides is 1. The summed E-state index contributed by atoms with van der Waals surface area (Å²) in [5, 5.41) is 16.5. The average Bonchev–Trinajstić information content (AvgIpc) is 3.95. The fraction of sp³-hybridized carbons (Fsp3) is 0.580. The van der Waals surface area contributed by atoms with Crippen LogP contribution in [0.2, 0.25) is 16.6 Å². The number of likely N-dealkylation sites (tertiary alicyclic amines) is 1. The van der Waals surface area contributed by atoms with Gasteiger partial charge in [-0.3, -0.25) is 9.88 Å². The highest BCUT2D eigenvalue weighted by atomic mass is 28.3. The van der Waals surface area contributed by atoms with Gasteiger partial charge in [-0.1, -0.05) is 58.7 Å². The SMILES string of the molecule is CON=C1CCN(CC2(COc3nc(N4CC5CCC(C4)N5C(=O)OC(C)(C)C)c4cnc(-c5cc(O)cc6ccc(F)c(C#C[Si](C(C)C)(C(C)C)C(C)C)c56)c(F)c4n3)CC2)CC1. The molecule has 1 amide bonds. The van der Waals surface area contributed by atoms with E-state index in [0.29, 0.717) is 58.3 Å². The normalized spacial score (nSPS) is 19.9. The van der Waals surface area contributed by atoms with Crippen LogP contribution in [0.4, 0.5) is 19.4 Å². The van der Waals surface area contributed by atoms with E-state index in [1.54, 1.807) is 25.4 Å². The number of phenols is 1. The molecule has 4 fully saturated rings. The molecule has 3 aliphatic heterocycles. The highest BCUT2D eigenvalue weighted by Crippen LogP contribution is 2.48. The maximum Gasteiger partial charge on any atom is 0.410 e. The lowest BCUT2D eigenvalue weighted by Crippen LogP contribution is -2.57. The molecular formula is C50H65F2N7O5Si. The molecule has 1 aliphatic carbocycles. The van der Waals surface area contributed by atoms with Crippen molar-refractivity contribution in [3.05, 3.63) is 47.7 Å². The quantitative estimate of drug-likeness (QED) is 0.0883. The topological polar surface area (TPSA) is 126 Å².